The van der Waals surface area contributed by atoms with E-state index in [2.05, 4.69) is 92.1 Å². The average Bonchev–Trinajstić information content (AvgIpc) is 3.45. The number of nitriles is 1. The number of halogens is 3. The average molecular weight is 1150 g/mol. The summed E-state index contributed by atoms with van der Waals surface area (Å²) in [6, 6.07) is 11.1. The number of hydrogen-bond acceptors (Lipinski definition) is 19. The van der Waals surface area contributed by atoms with Crippen LogP contribution in [0, 0.1) is 32.1 Å². The topological polar surface area (TPSA) is 213 Å². The molecule has 21 nitrogen and oxygen atoms in total. The van der Waals surface area contributed by atoms with Gasteiger partial charge in [0.2, 0.25) is 16.5 Å². The number of aryl methyl sites for hydroxylation is 3. The smallest absolute Gasteiger partial charge is 0.410 e. The number of hydrogen-bond donors (Lipinski definition) is 2. The highest BCUT2D eigenvalue weighted by Gasteiger charge is 2.38. The molecule has 0 bridgehead atoms. The van der Waals surface area contributed by atoms with Gasteiger partial charge in [-0.05, 0) is 117 Å². The first-order chi connectivity index (χ1) is 37.6. The Morgan fingerprint density at radius 3 is 1.75 bits per heavy atom. The van der Waals surface area contributed by atoms with Crippen molar-refractivity contribution in [1.82, 2.24) is 60.2 Å². The molecule has 9 heterocycles. The first-order valence-corrected chi connectivity index (χ1v) is 28.1. The molecule has 10 rings (SSSR count). The van der Waals surface area contributed by atoms with Crippen molar-refractivity contribution >= 4 is 81.2 Å². The molecule has 1 aromatic carbocycles. The number of carbonyl (C=O) groups is 2. The third-order valence-corrected chi connectivity index (χ3v) is 14.4. The normalized spacial score (nSPS) is 18.9. The molecule has 5 aliphatic heterocycles. The highest BCUT2D eigenvalue weighted by Crippen LogP contribution is 2.33. The number of piperazine rings is 5. The predicted molar refractivity (Wildman–Crippen MR) is 312 cm³/mol. The number of pyridine rings is 1. The Morgan fingerprint density at radius 2 is 1.15 bits per heavy atom. The number of benzene rings is 1. The van der Waals surface area contributed by atoms with Crippen molar-refractivity contribution < 1.29 is 19.1 Å². The van der Waals surface area contributed by atoms with Crippen LogP contribution in [0.5, 0.6) is 0 Å². The third-order valence-electron chi connectivity index (χ3n) is 13.6. The largest absolute Gasteiger partial charge is 0.444 e. The number of nitrogens with one attached hydrogen (secondary N) is 2. The minimum atomic E-state index is -0.467. The molecule has 5 aliphatic rings. The zero-order valence-corrected chi connectivity index (χ0v) is 49.5. The van der Waals surface area contributed by atoms with Crippen LogP contribution in [-0.4, -0.2) is 196 Å². The van der Waals surface area contributed by atoms with Crippen LogP contribution >= 0.6 is 34.8 Å². The molecule has 79 heavy (non-hydrogen) atoms. The van der Waals surface area contributed by atoms with Gasteiger partial charge in [0.1, 0.15) is 34.1 Å². The first-order valence-electron chi connectivity index (χ1n) is 27.0. The molecule has 426 valence electrons. The second-order valence-electron chi connectivity index (χ2n) is 22.1. The summed E-state index contributed by atoms with van der Waals surface area (Å²) in [4.78, 5) is 68.9. The van der Waals surface area contributed by atoms with Crippen LogP contribution in [0.1, 0.15) is 70.7 Å². The van der Waals surface area contributed by atoms with Gasteiger partial charge in [-0.3, -0.25) is 9.88 Å². The van der Waals surface area contributed by atoms with Crippen molar-refractivity contribution in [3.05, 3.63) is 87.0 Å². The molecular weight excluding hydrogens is 1070 g/mol. The van der Waals surface area contributed by atoms with Crippen molar-refractivity contribution in [2.24, 2.45) is 0 Å². The molecule has 24 heteroatoms. The summed E-state index contributed by atoms with van der Waals surface area (Å²) in [5, 5.41) is 18.1. The summed E-state index contributed by atoms with van der Waals surface area (Å²) in [5.41, 5.74) is 4.66. The maximum Gasteiger partial charge on any atom is 0.410 e. The van der Waals surface area contributed by atoms with Crippen LogP contribution in [-0.2, 0) is 9.47 Å². The van der Waals surface area contributed by atoms with Crippen LogP contribution in [0.15, 0.2) is 49.1 Å². The summed E-state index contributed by atoms with van der Waals surface area (Å²) >= 11 is 16.8. The SMILES string of the molecule is CC(C)(C)OC(=O)N1CCNCC1.Cc1cnc(Cl)nc1Cl.Cc1cnc(Cl)nc1N1CCN(C(=O)OC(C)(C)C)CC1.Cc1cnc(N2CCN3[C@@H](C2)CN(c2ccc(C#N)c4ncccc24)C[C@H]3C)nc1N1CCNCC1. The molecule has 2 N–H and O–H groups in total. The number of rotatable bonds is 4. The van der Waals surface area contributed by atoms with Crippen molar-refractivity contribution in [3.8, 4) is 6.07 Å². The molecule has 5 saturated heterocycles. The summed E-state index contributed by atoms with van der Waals surface area (Å²) in [6.45, 7) is 34.0. The van der Waals surface area contributed by atoms with Crippen LogP contribution in [0.4, 0.5) is 32.9 Å². The van der Waals surface area contributed by atoms with Gasteiger partial charge in [0.05, 0.1) is 11.1 Å². The van der Waals surface area contributed by atoms with E-state index < -0.39 is 5.60 Å². The maximum absolute atomic E-state index is 12.0. The number of amides is 2. The fourth-order valence-corrected chi connectivity index (χ4v) is 10.2. The molecule has 0 aliphatic carbocycles. The predicted octanol–water partition coefficient (Wildman–Crippen LogP) is 7.43. The third kappa shape index (κ3) is 16.9. The van der Waals surface area contributed by atoms with Gasteiger partial charge in [-0.25, -0.2) is 34.5 Å². The molecule has 2 atom stereocenters. The molecule has 0 radical (unpaired) electrons. The van der Waals surface area contributed by atoms with E-state index in [0.29, 0.717) is 49.0 Å². The lowest BCUT2D eigenvalue weighted by molar-refractivity contribution is 0.0223. The fraction of sp³-hybridized carbons (Fsp3) is 0.564. The number of fused-ring (bicyclic) bond motifs is 2. The summed E-state index contributed by atoms with van der Waals surface area (Å²) < 4.78 is 10.6. The Bertz CT molecular complexity index is 2900. The lowest BCUT2D eigenvalue weighted by Gasteiger charge is -2.51. The summed E-state index contributed by atoms with van der Waals surface area (Å²) in [6.07, 6.45) is 6.58. The first kappa shape index (κ1) is 60.5. The minimum absolute atomic E-state index is 0.186. The molecule has 0 saturated carbocycles. The molecule has 2 amide bonds. The Kier molecular flexibility index (Phi) is 20.9. The highest BCUT2D eigenvalue weighted by atomic mass is 35.5. The Morgan fingerprint density at radius 1 is 0.620 bits per heavy atom. The Balaban J connectivity index is 0.000000176. The second-order valence-corrected chi connectivity index (χ2v) is 23.1. The van der Waals surface area contributed by atoms with E-state index in [4.69, 9.17) is 54.2 Å². The number of nitrogens with zero attached hydrogens (tertiary/aromatic N) is 15. The van der Waals surface area contributed by atoms with E-state index in [1.165, 1.54) is 0 Å². The van der Waals surface area contributed by atoms with Gasteiger partial charge in [-0.1, -0.05) is 11.6 Å². The Labute approximate surface area is 479 Å². The van der Waals surface area contributed by atoms with Gasteiger partial charge in [-0.15, -0.1) is 0 Å². The van der Waals surface area contributed by atoms with Crippen molar-refractivity contribution in [2.45, 2.75) is 92.5 Å². The van der Waals surface area contributed by atoms with E-state index >= 15 is 0 Å². The maximum atomic E-state index is 12.0. The number of ether oxygens (including phenoxy) is 2. The molecular formula is C55H76Cl3N17O4. The summed E-state index contributed by atoms with van der Waals surface area (Å²) in [5.74, 6) is 2.74. The van der Waals surface area contributed by atoms with Crippen molar-refractivity contribution in [2.75, 3.05) is 131 Å². The molecule has 4 aromatic heterocycles. The van der Waals surface area contributed by atoms with E-state index in [-0.39, 0.29) is 28.4 Å². The zero-order chi connectivity index (χ0) is 57.0. The van der Waals surface area contributed by atoms with E-state index in [1.54, 1.807) is 28.4 Å². The van der Waals surface area contributed by atoms with E-state index in [0.717, 1.165) is 136 Å². The number of carbonyl (C=O) groups excluding carboxylic acids is 2. The van der Waals surface area contributed by atoms with Crippen LogP contribution < -0.4 is 30.2 Å². The van der Waals surface area contributed by atoms with Gasteiger partial charge >= 0.3 is 12.2 Å². The molecule has 5 aromatic rings. The molecule has 0 spiro atoms. The minimum Gasteiger partial charge on any atom is -0.444 e. The Hall–Kier alpha value is -6.15. The van der Waals surface area contributed by atoms with E-state index in [1.807, 2.05) is 73.7 Å². The van der Waals surface area contributed by atoms with Gasteiger partial charge in [0.15, 0.2) is 0 Å². The highest BCUT2D eigenvalue weighted by molar-refractivity contribution is 6.32. The number of anilines is 4. The lowest BCUT2D eigenvalue weighted by Crippen LogP contribution is -2.65. The van der Waals surface area contributed by atoms with Gasteiger partial charge in [0.25, 0.3) is 0 Å². The quantitative estimate of drug-likeness (QED) is 0.132. The van der Waals surface area contributed by atoms with Gasteiger partial charge in [-0.2, -0.15) is 10.2 Å². The van der Waals surface area contributed by atoms with Gasteiger partial charge < -0.3 is 49.5 Å². The van der Waals surface area contributed by atoms with Crippen LogP contribution in [0.3, 0.4) is 0 Å². The number of aromatic nitrogens is 7. The van der Waals surface area contributed by atoms with Crippen molar-refractivity contribution in [3.63, 3.8) is 0 Å². The van der Waals surface area contributed by atoms with Crippen molar-refractivity contribution in [1.29, 1.82) is 5.26 Å². The monoisotopic (exact) mass is 1140 g/mol. The van der Waals surface area contributed by atoms with Crippen LogP contribution in [0.25, 0.3) is 10.9 Å². The lowest BCUT2D eigenvalue weighted by atomic mass is 10.0. The van der Waals surface area contributed by atoms with Crippen LogP contribution in [0.2, 0.25) is 15.7 Å². The molecule has 0 unspecified atom stereocenters. The van der Waals surface area contributed by atoms with E-state index in [9.17, 15) is 14.9 Å². The second kappa shape index (κ2) is 27.3. The zero-order valence-electron chi connectivity index (χ0n) is 47.3. The standard InChI is InChI=1S/C27H33N9.C14H21ClN4O2.C9H18N2O2.C5H4Cl2N2/c1-19-15-31-27(32-26(19)33-10-8-29-9-11-33)34-12-13-36-20(2)16-35(18-22(36)17-34)24-6-5-21(14-28)25-23(24)4-3-7-30-25;1-10-9-16-12(15)17-11(10)18-5-7-19(8-6-18)13(20)21-14(2,3)4;1-9(2,3)13-8(12)11-6-4-10-5-7-11;1-3-2-8-5(7)9-4(3)6/h3-7,15,20,22,29H,8-13,16-18H2,1-2H3;9H,5-8H2,1-4H3;10H,4-7H2,1-3H3;2H,1H3/t20-,22+;;;/m1.../s1. The fourth-order valence-electron chi connectivity index (χ4n) is 9.78. The molecule has 5 fully saturated rings. The van der Waals surface area contributed by atoms with Gasteiger partial charge in [0, 0.05) is 176 Å². The summed E-state index contributed by atoms with van der Waals surface area (Å²) in [7, 11) is 0.